The monoisotopic (exact) mass is 384 g/mol. The molecular weight excluding hydrogens is 364 g/mol. The van der Waals surface area contributed by atoms with Crippen molar-refractivity contribution in [3.05, 3.63) is 30.5 Å². The molecule has 0 radical (unpaired) electrons. The van der Waals surface area contributed by atoms with Crippen molar-refractivity contribution < 1.29 is 9.59 Å². The lowest BCUT2D eigenvalue weighted by Gasteiger charge is -2.08. The summed E-state index contributed by atoms with van der Waals surface area (Å²) in [5.41, 5.74) is 2.05. The van der Waals surface area contributed by atoms with Crippen LogP contribution in [0.1, 0.15) is 25.8 Å². The van der Waals surface area contributed by atoms with Crippen LogP contribution < -0.4 is 10.6 Å². The number of nitrogens with one attached hydrogen (secondary N) is 3. The zero-order valence-corrected chi connectivity index (χ0v) is 15.7. The zero-order valence-electron chi connectivity index (χ0n) is 14.9. The number of benzene rings is 1. The largest absolute Gasteiger partial charge is 0.360 e. The lowest BCUT2D eigenvalue weighted by molar-refractivity contribution is -0.117. The number of thioether (sulfide) groups is 1. The second kappa shape index (κ2) is 7.43. The van der Waals surface area contributed by atoms with Crippen LogP contribution in [-0.2, 0) is 4.79 Å². The number of hydrogen-bond donors (Lipinski definition) is 3. The summed E-state index contributed by atoms with van der Waals surface area (Å²) in [7, 11) is 0. The second-order valence-electron chi connectivity index (χ2n) is 6.35. The normalized spacial score (nSPS) is 13.7. The predicted molar refractivity (Wildman–Crippen MR) is 104 cm³/mol. The summed E-state index contributed by atoms with van der Waals surface area (Å²) in [4.78, 5) is 26.7. The van der Waals surface area contributed by atoms with Gasteiger partial charge in [0.1, 0.15) is 0 Å². The van der Waals surface area contributed by atoms with Crippen molar-refractivity contribution in [1.82, 2.24) is 30.4 Å². The van der Waals surface area contributed by atoms with Crippen molar-refractivity contribution in [2.24, 2.45) is 0 Å². The number of aromatic nitrogens is 4. The Morgan fingerprint density at radius 2 is 2.11 bits per heavy atom. The van der Waals surface area contributed by atoms with E-state index in [1.165, 1.54) is 11.8 Å². The van der Waals surface area contributed by atoms with Gasteiger partial charge in [0.15, 0.2) is 11.0 Å². The van der Waals surface area contributed by atoms with E-state index in [0.29, 0.717) is 17.7 Å². The smallest absolute Gasteiger partial charge is 0.321 e. The second-order valence-corrected chi connectivity index (χ2v) is 7.29. The number of H-pyrrole nitrogens is 1. The lowest BCUT2D eigenvalue weighted by atomic mass is 10.1. The van der Waals surface area contributed by atoms with Gasteiger partial charge in [0.2, 0.25) is 5.91 Å². The Balaban J connectivity index is 1.55. The Kier molecular flexibility index (Phi) is 4.85. The number of urea groups is 1. The van der Waals surface area contributed by atoms with E-state index in [1.807, 2.05) is 24.4 Å². The SMILES string of the molecule is CCNC(=O)NC(=O)CSc1nnc(-c2c[nH]c3ccccc23)n1C1CC1. The van der Waals surface area contributed by atoms with E-state index in [9.17, 15) is 9.59 Å². The van der Waals surface area contributed by atoms with Crippen molar-refractivity contribution in [3.63, 3.8) is 0 Å². The molecule has 2 heterocycles. The van der Waals surface area contributed by atoms with Gasteiger partial charge in [-0.1, -0.05) is 30.0 Å². The fourth-order valence-corrected chi connectivity index (χ4v) is 3.78. The van der Waals surface area contributed by atoms with Crippen LogP contribution in [0.15, 0.2) is 35.6 Å². The van der Waals surface area contributed by atoms with Crippen molar-refractivity contribution >= 4 is 34.6 Å². The molecule has 1 saturated carbocycles. The Bertz CT molecular complexity index is 991. The van der Waals surface area contributed by atoms with E-state index in [0.717, 1.165) is 35.1 Å². The Morgan fingerprint density at radius 3 is 2.89 bits per heavy atom. The molecule has 0 unspecified atom stereocenters. The highest BCUT2D eigenvalue weighted by Gasteiger charge is 2.31. The summed E-state index contributed by atoms with van der Waals surface area (Å²) in [6.45, 7) is 2.26. The fourth-order valence-electron chi connectivity index (χ4n) is 2.98. The van der Waals surface area contributed by atoms with Crippen molar-refractivity contribution in [2.75, 3.05) is 12.3 Å². The summed E-state index contributed by atoms with van der Waals surface area (Å²) in [6.07, 6.45) is 4.10. The van der Waals surface area contributed by atoms with Gasteiger partial charge in [-0.3, -0.25) is 14.7 Å². The quantitative estimate of drug-likeness (QED) is 0.567. The number of carbonyl (C=O) groups is 2. The van der Waals surface area contributed by atoms with Gasteiger partial charge >= 0.3 is 6.03 Å². The Morgan fingerprint density at radius 1 is 1.30 bits per heavy atom. The third kappa shape index (κ3) is 3.68. The summed E-state index contributed by atoms with van der Waals surface area (Å²) >= 11 is 1.29. The van der Waals surface area contributed by atoms with Crippen LogP contribution >= 0.6 is 11.8 Å². The molecule has 0 spiro atoms. The maximum Gasteiger partial charge on any atom is 0.321 e. The molecule has 1 fully saturated rings. The van der Waals surface area contributed by atoms with Crippen LogP contribution in [-0.4, -0.2) is 44.0 Å². The number of carbonyl (C=O) groups excluding carboxylic acids is 2. The van der Waals surface area contributed by atoms with Crippen LogP contribution in [0, 0.1) is 0 Å². The van der Waals surface area contributed by atoms with Crippen LogP contribution in [0.5, 0.6) is 0 Å². The van der Waals surface area contributed by atoms with E-state index in [4.69, 9.17) is 0 Å². The van der Waals surface area contributed by atoms with Gasteiger partial charge in [-0.05, 0) is 25.8 Å². The van der Waals surface area contributed by atoms with Crippen molar-refractivity contribution in [2.45, 2.75) is 31.0 Å². The highest BCUT2D eigenvalue weighted by Crippen LogP contribution is 2.42. The molecule has 0 aliphatic heterocycles. The first-order valence-corrected chi connectivity index (χ1v) is 9.87. The number of aromatic amines is 1. The molecule has 3 amide bonds. The van der Waals surface area contributed by atoms with Gasteiger partial charge in [-0.25, -0.2) is 4.79 Å². The van der Waals surface area contributed by atoms with Gasteiger partial charge < -0.3 is 10.3 Å². The average Bonchev–Trinajstić information content (AvgIpc) is 3.26. The van der Waals surface area contributed by atoms with Crippen molar-refractivity contribution in [3.8, 4) is 11.4 Å². The van der Waals surface area contributed by atoms with E-state index >= 15 is 0 Å². The minimum absolute atomic E-state index is 0.107. The molecule has 4 rings (SSSR count). The van der Waals surface area contributed by atoms with Crippen molar-refractivity contribution in [1.29, 1.82) is 0 Å². The first-order chi connectivity index (χ1) is 13.2. The molecule has 1 aliphatic rings. The summed E-state index contributed by atoms with van der Waals surface area (Å²) < 4.78 is 2.11. The van der Waals surface area contributed by atoms with Crippen LogP contribution in [0.2, 0.25) is 0 Å². The topological polar surface area (TPSA) is 105 Å². The van der Waals surface area contributed by atoms with Crippen LogP contribution in [0.25, 0.3) is 22.3 Å². The molecule has 27 heavy (non-hydrogen) atoms. The molecule has 3 N–H and O–H groups in total. The molecule has 1 aromatic carbocycles. The summed E-state index contributed by atoms with van der Waals surface area (Å²) in [5.74, 6) is 0.558. The number of rotatable bonds is 6. The van der Waals surface area contributed by atoms with Gasteiger partial charge in [0, 0.05) is 35.2 Å². The first kappa shape index (κ1) is 17.6. The highest BCUT2D eigenvalue weighted by atomic mass is 32.2. The maximum absolute atomic E-state index is 12.0. The fraction of sp³-hybridized carbons (Fsp3) is 0.333. The van der Waals surface area contributed by atoms with E-state index < -0.39 is 6.03 Å². The number of imide groups is 1. The standard InChI is InChI=1S/C18H20N6O2S/c1-2-19-17(26)21-15(25)10-27-18-23-22-16(24(18)11-7-8-11)13-9-20-14-6-4-3-5-12(13)14/h3-6,9,11,20H,2,7-8,10H2,1H3,(H2,19,21,25,26). The van der Waals surface area contributed by atoms with E-state index in [-0.39, 0.29) is 11.7 Å². The number of fused-ring (bicyclic) bond motifs is 1. The maximum atomic E-state index is 12.0. The highest BCUT2D eigenvalue weighted by molar-refractivity contribution is 7.99. The van der Waals surface area contributed by atoms with Gasteiger partial charge in [-0.2, -0.15) is 0 Å². The van der Waals surface area contributed by atoms with Gasteiger partial charge in [0.05, 0.1) is 5.75 Å². The first-order valence-electron chi connectivity index (χ1n) is 8.89. The Hall–Kier alpha value is -2.81. The minimum Gasteiger partial charge on any atom is -0.360 e. The third-order valence-corrected chi connectivity index (χ3v) is 5.27. The molecule has 0 bridgehead atoms. The molecule has 2 aromatic heterocycles. The number of hydrogen-bond acceptors (Lipinski definition) is 5. The number of nitrogens with zero attached hydrogens (tertiary/aromatic N) is 3. The molecular formula is C18H20N6O2S. The van der Waals surface area contributed by atoms with Gasteiger partial charge in [0.25, 0.3) is 0 Å². The zero-order chi connectivity index (χ0) is 18.8. The molecule has 140 valence electrons. The van der Waals surface area contributed by atoms with Crippen LogP contribution in [0.3, 0.4) is 0 Å². The van der Waals surface area contributed by atoms with Crippen LogP contribution in [0.4, 0.5) is 4.79 Å². The van der Waals surface area contributed by atoms with E-state index in [2.05, 4.69) is 36.4 Å². The molecule has 9 heteroatoms. The predicted octanol–water partition coefficient (Wildman–Crippen LogP) is 2.70. The summed E-state index contributed by atoms with van der Waals surface area (Å²) in [5, 5.41) is 15.3. The molecule has 0 atom stereocenters. The molecule has 1 aliphatic carbocycles. The molecule has 8 nitrogen and oxygen atoms in total. The number of amides is 3. The lowest BCUT2D eigenvalue weighted by Crippen LogP contribution is -2.40. The Labute approximate surface area is 160 Å². The van der Waals surface area contributed by atoms with E-state index in [1.54, 1.807) is 6.92 Å². The minimum atomic E-state index is -0.480. The third-order valence-electron chi connectivity index (χ3n) is 4.33. The number of para-hydroxylation sites is 1. The summed E-state index contributed by atoms with van der Waals surface area (Å²) in [6, 6.07) is 7.95. The van der Waals surface area contributed by atoms with Gasteiger partial charge in [-0.15, -0.1) is 10.2 Å². The average molecular weight is 384 g/mol. The molecule has 3 aromatic rings. The molecule has 0 saturated heterocycles.